The maximum Gasteiger partial charge on any atom is 0.416 e. The van der Waals surface area contributed by atoms with Gasteiger partial charge < -0.3 is 5.11 Å². The topological polar surface area (TPSA) is 70.5 Å². The van der Waals surface area contributed by atoms with Gasteiger partial charge in [0, 0.05) is 11.3 Å². The van der Waals surface area contributed by atoms with Crippen LogP contribution in [-0.2, 0) is 11.0 Å². The SMILES string of the molecule is Cc1cccc(C2C(C(=O)c3sc(-c4ccccc4)nc3C)=C(O)C(=O)N2c2cccc(C(F)(F)F)c2)c1. The summed E-state index contributed by atoms with van der Waals surface area (Å²) >= 11 is 1.13. The number of amides is 1. The van der Waals surface area contributed by atoms with Gasteiger partial charge in [0.2, 0.25) is 5.78 Å². The van der Waals surface area contributed by atoms with Gasteiger partial charge in [-0.2, -0.15) is 13.2 Å². The van der Waals surface area contributed by atoms with Crippen molar-refractivity contribution in [1.29, 1.82) is 0 Å². The summed E-state index contributed by atoms with van der Waals surface area (Å²) in [6, 6.07) is 19.4. The molecule has 1 unspecified atom stereocenters. The van der Waals surface area contributed by atoms with Crippen LogP contribution in [0.2, 0.25) is 0 Å². The van der Waals surface area contributed by atoms with Crippen LogP contribution in [0.1, 0.15) is 38.1 Å². The Balaban J connectivity index is 1.65. The van der Waals surface area contributed by atoms with Gasteiger partial charge in [-0.3, -0.25) is 14.5 Å². The lowest BCUT2D eigenvalue weighted by atomic mass is 9.93. The number of thiazole rings is 1. The second-order valence-corrected chi connectivity index (χ2v) is 9.93. The molecule has 5 rings (SSSR count). The number of aliphatic hydroxyl groups excluding tert-OH is 1. The molecule has 0 saturated carbocycles. The largest absolute Gasteiger partial charge is 0.503 e. The van der Waals surface area contributed by atoms with Gasteiger partial charge in [0.1, 0.15) is 5.01 Å². The van der Waals surface area contributed by atoms with Crippen molar-refractivity contribution in [2.75, 3.05) is 4.90 Å². The Hall–Kier alpha value is -4.24. The Morgan fingerprint density at radius 3 is 2.37 bits per heavy atom. The van der Waals surface area contributed by atoms with E-state index >= 15 is 0 Å². The van der Waals surface area contributed by atoms with Crippen LogP contribution in [0.3, 0.4) is 0 Å². The van der Waals surface area contributed by atoms with Crippen molar-refractivity contribution < 1.29 is 27.9 Å². The highest BCUT2D eigenvalue weighted by atomic mass is 32.1. The Kier molecular flexibility index (Phi) is 6.40. The highest BCUT2D eigenvalue weighted by Gasteiger charge is 2.46. The summed E-state index contributed by atoms with van der Waals surface area (Å²) in [6.07, 6.45) is -4.64. The molecule has 1 aliphatic rings. The molecule has 0 spiro atoms. The number of benzene rings is 3. The number of Topliss-reactive ketones (excluding diaryl/α,β-unsaturated/α-hetero) is 1. The maximum absolute atomic E-state index is 13.9. The molecule has 2 heterocycles. The summed E-state index contributed by atoms with van der Waals surface area (Å²) in [5.74, 6) is -2.35. The van der Waals surface area contributed by atoms with Gasteiger partial charge in [-0.05, 0) is 37.6 Å². The molecule has 0 saturated heterocycles. The standard InChI is InChI=1S/C29H21F3N2O3S/c1-16-8-6-11-19(14-16)23-22(24(35)26-17(2)33-27(38-26)18-9-4-3-5-10-18)25(36)28(37)34(23)21-13-7-12-20(15-21)29(30,31)32/h3-15,23,36H,1-2H3. The van der Waals surface area contributed by atoms with Crippen LogP contribution in [0, 0.1) is 13.8 Å². The second kappa shape index (κ2) is 9.57. The zero-order valence-electron chi connectivity index (χ0n) is 20.3. The Morgan fingerprint density at radius 2 is 1.68 bits per heavy atom. The van der Waals surface area contributed by atoms with Crippen LogP contribution >= 0.6 is 11.3 Å². The number of anilines is 1. The Morgan fingerprint density at radius 1 is 0.974 bits per heavy atom. The first kappa shape index (κ1) is 25.4. The van der Waals surface area contributed by atoms with Crippen molar-refractivity contribution in [2.45, 2.75) is 26.1 Å². The van der Waals surface area contributed by atoms with E-state index in [2.05, 4.69) is 4.98 Å². The number of alkyl halides is 3. The third-order valence-electron chi connectivity index (χ3n) is 6.29. The van der Waals surface area contributed by atoms with E-state index in [-0.39, 0.29) is 16.1 Å². The molecule has 0 aliphatic carbocycles. The van der Waals surface area contributed by atoms with Crippen LogP contribution in [-0.4, -0.2) is 21.8 Å². The average Bonchev–Trinajstić information content (AvgIpc) is 3.41. The van der Waals surface area contributed by atoms with E-state index in [1.54, 1.807) is 25.1 Å². The smallest absolute Gasteiger partial charge is 0.416 e. The predicted molar refractivity (Wildman–Crippen MR) is 139 cm³/mol. The fourth-order valence-corrected chi connectivity index (χ4v) is 5.55. The van der Waals surface area contributed by atoms with Gasteiger partial charge in [-0.1, -0.05) is 66.2 Å². The number of aromatic nitrogens is 1. The van der Waals surface area contributed by atoms with E-state index in [0.717, 1.165) is 39.5 Å². The van der Waals surface area contributed by atoms with Crippen LogP contribution in [0.4, 0.5) is 18.9 Å². The normalized spacial score (nSPS) is 15.9. The zero-order chi connectivity index (χ0) is 27.2. The highest BCUT2D eigenvalue weighted by molar-refractivity contribution is 7.17. The van der Waals surface area contributed by atoms with E-state index in [4.69, 9.17) is 0 Å². The van der Waals surface area contributed by atoms with Gasteiger partial charge in [-0.15, -0.1) is 11.3 Å². The number of hydrogen-bond donors (Lipinski definition) is 1. The zero-order valence-corrected chi connectivity index (χ0v) is 21.1. The minimum absolute atomic E-state index is 0.0864. The molecule has 5 nitrogen and oxygen atoms in total. The van der Waals surface area contributed by atoms with Crippen LogP contribution in [0.5, 0.6) is 0 Å². The molecule has 0 radical (unpaired) electrons. The van der Waals surface area contributed by atoms with Gasteiger partial charge >= 0.3 is 6.18 Å². The fraction of sp³-hybridized carbons (Fsp3) is 0.138. The first-order chi connectivity index (χ1) is 18.1. The second-order valence-electron chi connectivity index (χ2n) is 8.93. The minimum atomic E-state index is -4.64. The number of nitrogens with zero attached hydrogens (tertiary/aromatic N) is 2. The number of ketones is 1. The number of aliphatic hydroxyl groups is 1. The van der Waals surface area contributed by atoms with E-state index in [0.29, 0.717) is 16.3 Å². The van der Waals surface area contributed by atoms with Crippen LogP contribution in [0.25, 0.3) is 10.6 Å². The molecule has 3 aromatic carbocycles. The number of aryl methyl sites for hydroxylation is 2. The van der Waals surface area contributed by atoms with E-state index in [9.17, 15) is 27.9 Å². The third-order valence-corrected chi connectivity index (χ3v) is 7.49. The minimum Gasteiger partial charge on any atom is -0.503 e. The fourth-order valence-electron chi connectivity index (χ4n) is 4.52. The summed E-state index contributed by atoms with van der Waals surface area (Å²) in [5.41, 5.74) is 1.29. The molecule has 38 heavy (non-hydrogen) atoms. The summed E-state index contributed by atoms with van der Waals surface area (Å²) in [6.45, 7) is 3.48. The van der Waals surface area contributed by atoms with E-state index in [1.165, 1.54) is 12.1 Å². The number of rotatable bonds is 5. The van der Waals surface area contributed by atoms with Crippen LogP contribution in [0.15, 0.2) is 90.2 Å². The van der Waals surface area contributed by atoms with Gasteiger partial charge in [0.15, 0.2) is 5.76 Å². The molecule has 0 bridgehead atoms. The van der Waals surface area contributed by atoms with Gasteiger partial charge in [0.05, 0.1) is 27.7 Å². The lowest BCUT2D eigenvalue weighted by Crippen LogP contribution is -2.31. The molecule has 1 aromatic heterocycles. The number of hydrogen-bond acceptors (Lipinski definition) is 5. The average molecular weight is 535 g/mol. The van der Waals surface area contributed by atoms with E-state index < -0.39 is 35.2 Å². The van der Waals surface area contributed by atoms with Crippen molar-refractivity contribution >= 4 is 28.7 Å². The molecule has 1 N–H and O–H groups in total. The van der Waals surface area contributed by atoms with Crippen molar-refractivity contribution in [3.8, 4) is 10.6 Å². The third kappa shape index (κ3) is 4.50. The van der Waals surface area contributed by atoms with Gasteiger partial charge in [0.25, 0.3) is 5.91 Å². The summed E-state index contributed by atoms with van der Waals surface area (Å²) in [7, 11) is 0. The lowest BCUT2D eigenvalue weighted by Gasteiger charge is -2.27. The molecule has 1 amide bonds. The first-order valence-corrected chi connectivity index (χ1v) is 12.5. The summed E-state index contributed by atoms with van der Waals surface area (Å²) in [4.78, 5) is 33.1. The summed E-state index contributed by atoms with van der Waals surface area (Å²) in [5, 5.41) is 11.6. The van der Waals surface area contributed by atoms with Gasteiger partial charge in [-0.25, -0.2) is 4.98 Å². The molecule has 0 fully saturated rings. The van der Waals surface area contributed by atoms with Crippen molar-refractivity contribution in [3.05, 3.63) is 117 Å². The molecule has 1 aliphatic heterocycles. The highest BCUT2D eigenvalue weighted by Crippen LogP contribution is 2.44. The quantitative estimate of drug-likeness (QED) is 0.274. The van der Waals surface area contributed by atoms with Crippen molar-refractivity contribution in [3.63, 3.8) is 0 Å². The lowest BCUT2D eigenvalue weighted by molar-refractivity contribution is -0.137. The number of carbonyl (C=O) groups excluding carboxylic acids is 2. The first-order valence-electron chi connectivity index (χ1n) is 11.6. The molecular formula is C29H21F3N2O3S. The Bertz CT molecular complexity index is 1590. The summed E-state index contributed by atoms with van der Waals surface area (Å²) < 4.78 is 40.5. The Labute approximate surface area is 220 Å². The predicted octanol–water partition coefficient (Wildman–Crippen LogP) is 7.23. The molecule has 192 valence electrons. The van der Waals surface area contributed by atoms with Crippen molar-refractivity contribution in [2.24, 2.45) is 0 Å². The molecular weight excluding hydrogens is 513 g/mol. The molecule has 4 aromatic rings. The molecule has 1 atom stereocenters. The van der Waals surface area contributed by atoms with E-state index in [1.807, 2.05) is 43.3 Å². The van der Waals surface area contributed by atoms with Crippen molar-refractivity contribution in [1.82, 2.24) is 4.98 Å². The number of halogens is 3. The number of carbonyl (C=O) groups is 2. The van der Waals surface area contributed by atoms with Crippen LogP contribution < -0.4 is 4.90 Å². The molecule has 9 heteroatoms. The monoisotopic (exact) mass is 534 g/mol. The maximum atomic E-state index is 13.9.